The maximum atomic E-state index is 12.2. The van der Waals surface area contributed by atoms with E-state index in [1.54, 1.807) is 0 Å². The van der Waals surface area contributed by atoms with Crippen molar-refractivity contribution in [2.75, 3.05) is 0 Å². The SMILES string of the molecule is CC(NC(=O)CCCn1nnc(-c2ccccc2)n1)c1ccccc1Br. The summed E-state index contributed by atoms with van der Waals surface area (Å²) in [6.45, 7) is 2.53. The zero-order valence-corrected chi connectivity index (χ0v) is 16.1. The van der Waals surface area contributed by atoms with Crippen molar-refractivity contribution < 1.29 is 4.79 Å². The monoisotopic (exact) mass is 413 g/mol. The highest BCUT2D eigenvalue weighted by Crippen LogP contribution is 2.22. The van der Waals surface area contributed by atoms with Crippen LogP contribution in [0.4, 0.5) is 0 Å². The summed E-state index contributed by atoms with van der Waals surface area (Å²) in [5.41, 5.74) is 1.99. The van der Waals surface area contributed by atoms with E-state index in [0.717, 1.165) is 15.6 Å². The summed E-state index contributed by atoms with van der Waals surface area (Å²) in [7, 11) is 0. The average molecular weight is 414 g/mol. The fraction of sp³-hybridized carbons (Fsp3) is 0.263. The van der Waals surface area contributed by atoms with Gasteiger partial charge in [0.05, 0.1) is 12.6 Å². The lowest BCUT2D eigenvalue weighted by molar-refractivity contribution is -0.121. The van der Waals surface area contributed by atoms with Gasteiger partial charge in [-0.3, -0.25) is 4.79 Å². The normalized spacial score (nSPS) is 11.9. The van der Waals surface area contributed by atoms with Gasteiger partial charge >= 0.3 is 0 Å². The van der Waals surface area contributed by atoms with Gasteiger partial charge in [0.2, 0.25) is 11.7 Å². The van der Waals surface area contributed by atoms with E-state index in [4.69, 9.17) is 0 Å². The summed E-state index contributed by atoms with van der Waals surface area (Å²) < 4.78 is 0.994. The van der Waals surface area contributed by atoms with E-state index in [1.807, 2.05) is 61.5 Å². The second-order valence-corrected chi connectivity index (χ2v) is 6.84. The molecule has 134 valence electrons. The van der Waals surface area contributed by atoms with Crippen LogP contribution >= 0.6 is 15.9 Å². The maximum absolute atomic E-state index is 12.2. The molecule has 0 radical (unpaired) electrons. The molecular formula is C19H20BrN5O. The largest absolute Gasteiger partial charge is 0.350 e. The van der Waals surface area contributed by atoms with Gasteiger partial charge in [-0.05, 0) is 30.2 Å². The molecule has 26 heavy (non-hydrogen) atoms. The van der Waals surface area contributed by atoms with Gasteiger partial charge in [-0.1, -0.05) is 64.5 Å². The van der Waals surface area contributed by atoms with Crippen molar-refractivity contribution in [3.63, 3.8) is 0 Å². The van der Waals surface area contributed by atoms with E-state index in [2.05, 4.69) is 36.7 Å². The number of aromatic nitrogens is 4. The zero-order valence-electron chi connectivity index (χ0n) is 14.5. The molecular weight excluding hydrogens is 394 g/mol. The maximum Gasteiger partial charge on any atom is 0.220 e. The van der Waals surface area contributed by atoms with E-state index in [1.165, 1.54) is 4.80 Å². The number of rotatable bonds is 7. The Morgan fingerprint density at radius 2 is 1.88 bits per heavy atom. The third-order valence-corrected chi connectivity index (χ3v) is 4.72. The van der Waals surface area contributed by atoms with Crippen LogP contribution < -0.4 is 5.32 Å². The highest BCUT2D eigenvalue weighted by atomic mass is 79.9. The fourth-order valence-electron chi connectivity index (χ4n) is 2.64. The van der Waals surface area contributed by atoms with Gasteiger partial charge in [-0.25, -0.2) is 0 Å². The third kappa shape index (κ3) is 4.76. The lowest BCUT2D eigenvalue weighted by atomic mass is 10.1. The second kappa shape index (κ2) is 8.71. The Labute approximate surface area is 160 Å². The quantitative estimate of drug-likeness (QED) is 0.639. The Bertz CT molecular complexity index is 865. The molecule has 1 aromatic heterocycles. The van der Waals surface area contributed by atoms with Crippen LogP contribution in [0.25, 0.3) is 11.4 Å². The molecule has 0 fully saturated rings. The van der Waals surface area contributed by atoms with Crippen molar-refractivity contribution in [2.45, 2.75) is 32.4 Å². The number of tetrazole rings is 1. The summed E-state index contributed by atoms with van der Waals surface area (Å²) in [5.74, 6) is 0.606. The van der Waals surface area contributed by atoms with Crippen LogP contribution in [0, 0.1) is 0 Å². The standard InChI is InChI=1S/C19H20BrN5O/c1-14(16-10-5-6-11-17(16)20)21-18(26)12-7-13-25-23-19(22-24-25)15-8-3-2-4-9-15/h2-6,8-11,14H,7,12-13H2,1H3,(H,21,26). The van der Waals surface area contributed by atoms with Gasteiger partial charge in [0, 0.05) is 16.5 Å². The minimum atomic E-state index is -0.0488. The van der Waals surface area contributed by atoms with Gasteiger partial charge < -0.3 is 5.32 Å². The number of carbonyl (C=O) groups is 1. The third-order valence-electron chi connectivity index (χ3n) is 4.00. The smallest absolute Gasteiger partial charge is 0.220 e. The molecule has 0 aliphatic heterocycles. The number of nitrogens with zero attached hydrogens (tertiary/aromatic N) is 4. The van der Waals surface area contributed by atoms with Crippen molar-refractivity contribution >= 4 is 21.8 Å². The van der Waals surface area contributed by atoms with Crippen LogP contribution in [0.3, 0.4) is 0 Å². The van der Waals surface area contributed by atoms with Gasteiger partial charge in [-0.2, -0.15) is 4.80 Å². The number of nitrogens with one attached hydrogen (secondary N) is 1. The molecule has 1 heterocycles. The first kappa shape index (κ1) is 18.3. The van der Waals surface area contributed by atoms with E-state index in [0.29, 0.717) is 25.2 Å². The Balaban J connectivity index is 1.47. The number of hydrogen-bond donors (Lipinski definition) is 1. The lowest BCUT2D eigenvalue weighted by Crippen LogP contribution is -2.26. The van der Waals surface area contributed by atoms with E-state index < -0.39 is 0 Å². The summed E-state index contributed by atoms with van der Waals surface area (Å²) in [5, 5.41) is 15.5. The Morgan fingerprint density at radius 3 is 2.65 bits per heavy atom. The van der Waals surface area contributed by atoms with Crippen molar-refractivity contribution in [1.29, 1.82) is 0 Å². The summed E-state index contributed by atoms with van der Waals surface area (Å²) in [6.07, 6.45) is 1.07. The Kier molecular flexibility index (Phi) is 6.12. The number of benzene rings is 2. The number of hydrogen-bond acceptors (Lipinski definition) is 4. The van der Waals surface area contributed by atoms with Crippen LogP contribution in [0.5, 0.6) is 0 Å². The highest BCUT2D eigenvalue weighted by Gasteiger charge is 2.12. The van der Waals surface area contributed by atoms with Gasteiger partial charge in [-0.15, -0.1) is 10.2 Å². The molecule has 0 spiro atoms. The molecule has 0 aliphatic carbocycles. The van der Waals surface area contributed by atoms with Gasteiger partial charge in [0.1, 0.15) is 0 Å². The first-order chi connectivity index (χ1) is 12.6. The molecule has 1 N–H and O–H groups in total. The minimum absolute atomic E-state index is 0.0108. The molecule has 2 aromatic carbocycles. The van der Waals surface area contributed by atoms with Crippen LogP contribution in [0.1, 0.15) is 31.4 Å². The summed E-state index contributed by atoms with van der Waals surface area (Å²) in [4.78, 5) is 13.7. The Morgan fingerprint density at radius 1 is 1.15 bits per heavy atom. The van der Waals surface area contributed by atoms with E-state index in [-0.39, 0.29) is 11.9 Å². The molecule has 1 unspecified atom stereocenters. The van der Waals surface area contributed by atoms with Crippen LogP contribution in [0.2, 0.25) is 0 Å². The molecule has 3 aromatic rings. The first-order valence-electron chi connectivity index (χ1n) is 8.50. The van der Waals surface area contributed by atoms with Gasteiger partial charge in [0.15, 0.2) is 0 Å². The number of amides is 1. The summed E-state index contributed by atoms with van der Waals surface area (Å²) in [6, 6.07) is 17.5. The predicted octanol–water partition coefficient (Wildman–Crippen LogP) is 3.76. The van der Waals surface area contributed by atoms with Crippen molar-refractivity contribution in [1.82, 2.24) is 25.5 Å². The molecule has 1 atom stereocenters. The van der Waals surface area contributed by atoms with E-state index in [9.17, 15) is 4.79 Å². The lowest BCUT2D eigenvalue weighted by Gasteiger charge is -2.15. The van der Waals surface area contributed by atoms with Crippen molar-refractivity contribution in [3.8, 4) is 11.4 Å². The number of carbonyl (C=O) groups excluding carboxylic acids is 1. The van der Waals surface area contributed by atoms with Crippen molar-refractivity contribution in [2.24, 2.45) is 0 Å². The van der Waals surface area contributed by atoms with Gasteiger partial charge in [0.25, 0.3) is 0 Å². The molecule has 0 saturated carbocycles. The Hall–Kier alpha value is -2.54. The molecule has 0 bridgehead atoms. The molecule has 0 saturated heterocycles. The van der Waals surface area contributed by atoms with Crippen LogP contribution in [-0.2, 0) is 11.3 Å². The average Bonchev–Trinajstić information content (AvgIpc) is 3.11. The molecule has 6 nitrogen and oxygen atoms in total. The van der Waals surface area contributed by atoms with Crippen LogP contribution in [-0.4, -0.2) is 26.1 Å². The first-order valence-corrected chi connectivity index (χ1v) is 9.30. The number of halogens is 1. The minimum Gasteiger partial charge on any atom is -0.350 e. The van der Waals surface area contributed by atoms with Crippen molar-refractivity contribution in [3.05, 3.63) is 64.6 Å². The van der Waals surface area contributed by atoms with Crippen LogP contribution in [0.15, 0.2) is 59.1 Å². The topological polar surface area (TPSA) is 72.7 Å². The van der Waals surface area contributed by atoms with E-state index >= 15 is 0 Å². The molecule has 0 aliphatic rings. The zero-order chi connectivity index (χ0) is 18.4. The molecule has 7 heteroatoms. The summed E-state index contributed by atoms with van der Waals surface area (Å²) >= 11 is 3.51. The fourth-order valence-corrected chi connectivity index (χ4v) is 3.27. The number of aryl methyl sites for hydroxylation is 1. The highest BCUT2D eigenvalue weighted by molar-refractivity contribution is 9.10. The second-order valence-electron chi connectivity index (χ2n) is 5.99. The molecule has 3 rings (SSSR count). The molecule has 1 amide bonds. The predicted molar refractivity (Wildman–Crippen MR) is 103 cm³/mol.